The molecule has 0 radical (unpaired) electrons. The summed E-state index contributed by atoms with van der Waals surface area (Å²) in [7, 11) is 1.80. The molecule has 7 nitrogen and oxygen atoms in total. The smallest absolute Gasteiger partial charge is 0.349 e. The van der Waals surface area contributed by atoms with Gasteiger partial charge in [0.05, 0.1) is 5.69 Å². The summed E-state index contributed by atoms with van der Waals surface area (Å²) < 4.78 is 7.19. The Labute approximate surface area is 179 Å². The maximum Gasteiger partial charge on any atom is 0.349 e. The van der Waals surface area contributed by atoms with Crippen LogP contribution in [0.15, 0.2) is 15.3 Å². The van der Waals surface area contributed by atoms with E-state index >= 15 is 0 Å². The zero-order chi connectivity index (χ0) is 18.3. The van der Waals surface area contributed by atoms with Crippen molar-refractivity contribution < 1.29 is 9.21 Å². The second-order valence-corrected chi connectivity index (χ2v) is 7.85. The molecule has 1 saturated heterocycles. The highest BCUT2D eigenvalue weighted by molar-refractivity contribution is 7.98. The summed E-state index contributed by atoms with van der Waals surface area (Å²) in [6.45, 7) is 3.62. The SMILES string of the molecule is Cc1cc(C2CCNCC2)oc(=O)c1C(=O)Nc1c2c(nn1C)CSC2.Cl.Cl. The van der Waals surface area contributed by atoms with Crippen LogP contribution in [0, 0.1) is 6.92 Å². The molecular formula is C18H24Cl2N4O3S. The minimum Gasteiger partial charge on any atom is -0.427 e. The highest BCUT2D eigenvalue weighted by atomic mass is 35.5. The van der Waals surface area contributed by atoms with E-state index in [9.17, 15) is 9.59 Å². The molecule has 2 aliphatic heterocycles. The van der Waals surface area contributed by atoms with E-state index in [1.54, 1.807) is 30.4 Å². The maximum absolute atomic E-state index is 12.8. The predicted octanol–water partition coefficient (Wildman–Crippen LogP) is 2.99. The fourth-order valence-electron chi connectivity index (χ4n) is 3.68. The van der Waals surface area contributed by atoms with E-state index in [-0.39, 0.29) is 36.3 Å². The summed E-state index contributed by atoms with van der Waals surface area (Å²) in [5.74, 6) is 2.82. The van der Waals surface area contributed by atoms with Gasteiger partial charge in [-0.05, 0) is 44.5 Å². The lowest BCUT2D eigenvalue weighted by atomic mass is 9.94. The van der Waals surface area contributed by atoms with Gasteiger partial charge in [-0.2, -0.15) is 16.9 Å². The van der Waals surface area contributed by atoms with E-state index in [1.165, 1.54) is 0 Å². The van der Waals surface area contributed by atoms with Gasteiger partial charge in [-0.3, -0.25) is 9.48 Å². The van der Waals surface area contributed by atoms with Gasteiger partial charge in [-0.15, -0.1) is 24.8 Å². The second-order valence-electron chi connectivity index (χ2n) is 6.86. The first kappa shape index (κ1) is 22.8. The summed E-state index contributed by atoms with van der Waals surface area (Å²) >= 11 is 1.77. The molecule has 154 valence electrons. The molecule has 0 saturated carbocycles. The third-order valence-corrected chi connectivity index (χ3v) is 6.05. The van der Waals surface area contributed by atoms with Crippen LogP contribution in [-0.4, -0.2) is 28.8 Å². The fourth-order valence-corrected chi connectivity index (χ4v) is 4.72. The molecule has 10 heteroatoms. The van der Waals surface area contributed by atoms with Crippen LogP contribution in [0.25, 0.3) is 0 Å². The number of nitrogens with one attached hydrogen (secondary N) is 2. The number of hydrogen-bond acceptors (Lipinski definition) is 6. The number of amides is 1. The molecule has 0 unspecified atom stereocenters. The van der Waals surface area contributed by atoms with Crippen molar-refractivity contribution in [1.29, 1.82) is 0 Å². The Morgan fingerprint density at radius 1 is 1.32 bits per heavy atom. The number of halogens is 2. The Hall–Kier alpha value is -1.48. The summed E-state index contributed by atoms with van der Waals surface area (Å²) in [6.07, 6.45) is 1.87. The zero-order valence-corrected chi connectivity index (χ0v) is 18.2. The third-order valence-electron chi connectivity index (χ3n) is 5.08. The number of aryl methyl sites for hydroxylation is 2. The highest BCUT2D eigenvalue weighted by Gasteiger charge is 2.26. The van der Waals surface area contributed by atoms with Gasteiger partial charge in [-0.1, -0.05) is 0 Å². The van der Waals surface area contributed by atoms with Crippen LogP contribution in [-0.2, 0) is 18.6 Å². The summed E-state index contributed by atoms with van der Waals surface area (Å²) in [4.78, 5) is 25.3. The van der Waals surface area contributed by atoms with Gasteiger partial charge >= 0.3 is 5.63 Å². The van der Waals surface area contributed by atoms with Crippen molar-refractivity contribution in [2.24, 2.45) is 7.05 Å². The number of carbonyl (C=O) groups excluding carboxylic acids is 1. The molecule has 4 rings (SSSR count). The van der Waals surface area contributed by atoms with Crippen LogP contribution in [0.1, 0.15) is 51.7 Å². The lowest BCUT2D eigenvalue weighted by molar-refractivity contribution is 0.102. The first-order chi connectivity index (χ1) is 12.5. The normalized spacial score (nSPS) is 16.1. The van der Waals surface area contributed by atoms with Crippen LogP contribution in [0.5, 0.6) is 0 Å². The molecule has 0 aliphatic carbocycles. The molecule has 2 aliphatic rings. The van der Waals surface area contributed by atoms with Crippen molar-refractivity contribution in [2.45, 2.75) is 37.2 Å². The number of thioether (sulfide) groups is 1. The Morgan fingerprint density at radius 2 is 2.04 bits per heavy atom. The van der Waals surface area contributed by atoms with E-state index in [0.29, 0.717) is 17.1 Å². The lowest BCUT2D eigenvalue weighted by Gasteiger charge is -2.22. The Bertz CT molecular complexity index is 922. The van der Waals surface area contributed by atoms with Gasteiger partial charge in [-0.25, -0.2) is 4.79 Å². The Balaban J connectivity index is 0.00000140. The van der Waals surface area contributed by atoms with Crippen LogP contribution in [0.3, 0.4) is 0 Å². The average molecular weight is 447 g/mol. The molecule has 0 atom stereocenters. The zero-order valence-electron chi connectivity index (χ0n) is 15.7. The van der Waals surface area contributed by atoms with E-state index in [4.69, 9.17) is 4.42 Å². The number of rotatable bonds is 3. The van der Waals surface area contributed by atoms with E-state index in [1.807, 2.05) is 6.07 Å². The topological polar surface area (TPSA) is 89.2 Å². The van der Waals surface area contributed by atoms with Crippen molar-refractivity contribution in [2.75, 3.05) is 18.4 Å². The molecule has 1 amide bonds. The Morgan fingerprint density at radius 3 is 2.71 bits per heavy atom. The van der Waals surface area contributed by atoms with Gasteiger partial charge in [0.25, 0.3) is 5.91 Å². The molecule has 4 heterocycles. The standard InChI is InChI=1S/C18H22N4O3S.2ClH/c1-10-7-14(11-3-5-19-6-4-11)25-18(24)15(10)17(23)20-16-12-8-26-9-13(12)21-22(16)2;;/h7,11,19H,3-6,8-9H2,1-2H3,(H,20,23);2*1H. The molecule has 0 spiro atoms. The fraction of sp³-hybridized carbons (Fsp3) is 0.500. The molecule has 2 aromatic heterocycles. The van der Waals surface area contributed by atoms with Gasteiger partial charge in [0.1, 0.15) is 17.1 Å². The second kappa shape index (κ2) is 9.35. The van der Waals surface area contributed by atoms with Crippen LogP contribution in [0.2, 0.25) is 0 Å². The summed E-state index contributed by atoms with van der Waals surface area (Å²) in [5, 5.41) is 10.6. The molecule has 0 aromatic carbocycles. The largest absolute Gasteiger partial charge is 0.427 e. The first-order valence-electron chi connectivity index (χ1n) is 8.84. The summed E-state index contributed by atoms with van der Waals surface area (Å²) in [5.41, 5.74) is 2.20. The number of piperidine rings is 1. The van der Waals surface area contributed by atoms with E-state index < -0.39 is 11.5 Å². The third kappa shape index (κ3) is 4.25. The monoisotopic (exact) mass is 446 g/mol. The van der Waals surface area contributed by atoms with Gasteiger partial charge in [0.2, 0.25) is 0 Å². The quantitative estimate of drug-likeness (QED) is 0.752. The van der Waals surface area contributed by atoms with Gasteiger partial charge < -0.3 is 15.1 Å². The summed E-state index contributed by atoms with van der Waals surface area (Å²) in [6, 6.07) is 1.84. The molecule has 0 bridgehead atoms. The molecular weight excluding hydrogens is 423 g/mol. The van der Waals surface area contributed by atoms with Crippen molar-refractivity contribution in [3.8, 4) is 0 Å². The number of hydrogen-bond donors (Lipinski definition) is 2. The minimum absolute atomic E-state index is 0. The number of anilines is 1. The van der Waals surface area contributed by atoms with Crippen LogP contribution < -0.4 is 16.3 Å². The molecule has 1 fully saturated rings. The lowest BCUT2D eigenvalue weighted by Crippen LogP contribution is -2.28. The Kier molecular flexibility index (Phi) is 7.61. The predicted molar refractivity (Wildman–Crippen MR) is 115 cm³/mol. The van der Waals surface area contributed by atoms with Crippen molar-refractivity contribution in [3.63, 3.8) is 0 Å². The van der Waals surface area contributed by atoms with Gasteiger partial charge in [0.15, 0.2) is 0 Å². The van der Waals surface area contributed by atoms with Crippen molar-refractivity contribution in [1.82, 2.24) is 15.1 Å². The molecule has 2 aromatic rings. The number of carbonyl (C=O) groups is 1. The van der Waals surface area contributed by atoms with Crippen molar-refractivity contribution >= 4 is 48.3 Å². The molecule has 28 heavy (non-hydrogen) atoms. The van der Waals surface area contributed by atoms with E-state index in [2.05, 4.69) is 15.7 Å². The number of aromatic nitrogens is 2. The van der Waals surface area contributed by atoms with Crippen LogP contribution >= 0.6 is 36.6 Å². The van der Waals surface area contributed by atoms with E-state index in [0.717, 1.165) is 48.7 Å². The minimum atomic E-state index is -0.566. The van der Waals surface area contributed by atoms with Gasteiger partial charge in [0, 0.05) is 30.0 Å². The average Bonchev–Trinajstić information content (AvgIpc) is 3.17. The highest BCUT2D eigenvalue weighted by Crippen LogP contribution is 2.34. The maximum atomic E-state index is 12.8. The van der Waals surface area contributed by atoms with Crippen molar-refractivity contribution in [3.05, 3.63) is 44.6 Å². The molecule has 2 N–H and O–H groups in total. The first-order valence-corrected chi connectivity index (χ1v) is 9.99. The van der Waals surface area contributed by atoms with Crippen LogP contribution in [0.4, 0.5) is 5.82 Å². The number of fused-ring (bicyclic) bond motifs is 1. The number of nitrogens with zero attached hydrogens (tertiary/aromatic N) is 2.